The Hall–Kier alpha value is -3.12. The summed E-state index contributed by atoms with van der Waals surface area (Å²) in [7, 11) is 0. The van der Waals surface area contributed by atoms with Crippen LogP contribution in [0.15, 0.2) is 61.2 Å². The molecule has 4 heterocycles. The third-order valence-corrected chi connectivity index (χ3v) is 6.71. The van der Waals surface area contributed by atoms with Crippen molar-refractivity contribution in [2.24, 2.45) is 5.92 Å². The Balaban J connectivity index is 1.40. The van der Waals surface area contributed by atoms with Crippen LogP contribution in [0.5, 0.6) is 0 Å². The molecule has 1 saturated heterocycles. The number of fused-ring (bicyclic) bond motifs is 2. The maximum atomic E-state index is 12.8. The third-order valence-electron chi connectivity index (χ3n) is 6.71. The average Bonchev–Trinajstić information content (AvgIpc) is 2.96. The first-order chi connectivity index (χ1) is 15.2. The second-order valence-corrected chi connectivity index (χ2v) is 8.48. The van der Waals surface area contributed by atoms with E-state index in [4.69, 9.17) is 0 Å². The monoisotopic (exact) mass is 414 g/mol. The number of aryl methyl sites for hydroxylation is 2. The fraction of sp³-hybridized carbons (Fsp3) is 0.360. The Morgan fingerprint density at radius 1 is 0.935 bits per heavy atom. The van der Waals surface area contributed by atoms with Crippen molar-refractivity contribution in [3.63, 3.8) is 0 Å². The van der Waals surface area contributed by atoms with E-state index < -0.39 is 5.60 Å². The normalized spacial score (nSPS) is 18.0. The highest BCUT2D eigenvalue weighted by molar-refractivity contribution is 5.78. The molecule has 3 aromatic rings. The van der Waals surface area contributed by atoms with Gasteiger partial charge in [-0.25, -0.2) is 0 Å². The van der Waals surface area contributed by atoms with Gasteiger partial charge < -0.3 is 10.0 Å². The summed E-state index contributed by atoms with van der Waals surface area (Å²) in [5, 5.41) is 12.2. The molecule has 0 saturated carbocycles. The van der Waals surface area contributed by atoms with Gasteiger partial charge in [-0.2, -0.15) is 0 Å². The summed E-state index contributed by atoms with van der Waals surface area (Å²) in [5.41, 5.74) is 3.37. The first-order valence-electron chi connectivity index (χ1n) is 10.9. The Labute approximate surface area is 182 Å². The predicted octanol–water partition coefficient (Wildman–Crippen LogP) is 2.69. The second-order valence-electron chi connectivity index (χ2n) is 8.48. The maximum absolute atomic E-state index is 12.8. The highest BCUT2D eigenvalue weighted by Gasteiger charge is 2.47. The van der Waals surface area contributed by atoms with E-state index in [0.717, 1.165) is 40.9 Å². The number of pyridine rings is 3. The Morgan fingerprint density at radius 3 is 2.10 bits per heavy atom. The van der Waals surface area contributed by atoms with Gasteiger partial charge in [0.2, 0.25) is 5.91 Å². The summed E-state index contributed by atoms with van der Waals surface area (Å²) < 4.78 is 0. The van der Waals surface area contributed by atoms with Gasteiger partial charge in [0.25, 0.3) is 0 Å². The number of hydrogen-bond acceptors (Lipinski definition) is 5. The van der Waals surface area contributed by atoms with Crippen molar-refractivity contribution in [1.29, 1.82) is 0 Å². The topological polar surface area (TPSA) is 79.2 Å². The summed E-state index contributed by atoms with van der Waals surface area (Å²) in [6.45, 7) is 1.25. The quantitative estimate of drug-likeness (QED) is 0.713. The van der Waals surface area contributed by atoms with E-state index in [1.165, 1.54) is 0 Å². The minimum Gasteiger partial charge on any atom is -0.377 e. The summed E-state index contributed by atoms with van der Waals surface area (Å²) >= 11 is 0. The van der Waals surface area contributed by atoms with Crippen LogP contribution < -0.4 is 0 Å². The Kier molecular flexibility index (Phi) is 5.24. The molecule has 6 heteroatoms. The molecule has 0 unspecified atom stereocenters. The zero-order valence-electron chi connectivity index (χ0n) is 17.4. The molecular formula is C25H26N4O2. The van der Waals surface area contributed by atoms with Gasteiger partial charge in [0.15, 0.2) is 5.60 Å². The van der Waals surface area contributed by atoms with Crippen molar-refractivity contribution >= 4 is 5.91 Å². The van der Waals surface area contributed by atoms with Crippen LogP contribution in [0, 0.1) is 5.92 Å². The Bertz CT molecular complexity index is 1030. The van der Waals surface area contributed by atoms with Gasteiger partial charge in [0.05, 0.1) is 17.8 Å². The number of amides is 1. The molecule has 1 fully saturated rings. The fourth-order valence-electron chi connectivity index (χ4n) is 5.07. The van der Waals surface area contributed by atoms with E-state index in [0.29, 0.717) is 32.4 Å². The molecule has 0 spiro atoms. The van der Waals surface area contributed by atoms with Gasteiger partial charge in [-0.15, -0.1) is 0 Å². The number of aromatic nitrogens is 3. The van der Waals surface area contributed by atoms with Crippen molar-refractivity contribution in [1.82, 2.24) is 19.9 Å². The molecule has 1 aliphatic heterocycles. The fourth-order valence-corrected chi connectivity index (χ4v) is 5.07. The molecule has 31 heavy (non-hydrogen) atoms. The van der Waals surface area contributed by atoms with Crippen molar-refractivity contribution < 1.29 is 9.90 Å². The second kappa shape index (κ2) is 8.19. The number of likely N-dealkylation sites (tertiary alicyclic amines) is 1. The minimum atomic E-state index is -1.23. The van der Waals surface area contributed by atoms with Gasteiger partial charge in [-0.05, 0) is 66.6 Å². The molecule has 3 aromatic heterocycles. The molecule has 5 rings (SSSR count). The third kappa shape index (κ3) is 3.61. The van der Waals surface area contributed by atoms with Crippen LogP contribution in [0.1, 0.15) is 40.9 Å². The average molecular weight is 415 g/mol. The lowest BCUT2D eigenvalue weighted by Crippen LogP contribution is -2.47. The minimum absolute atomic E-state index is 0.0436. The Morgan fingerprint density at radius 2 is 1.52 bits per heavy atom. The number of aliphatic hydroxyl groups is 1. The van der Waals surface area contributed by atoms with Crippen LogP contribution in [0.4, 0.5) is 0 Å². The molecule has 0 atom stereocenters. The van der Waals surface area contributed by atoms with Crippen LogP contribution in [0.3, 0.4) is 0 Å². The highest BCUT2D eigenvalue weighted by atomic mass is 16.3. The number of carbonyl (C=O) groups excluding carboxylic acids is 1. The lowest BCUT2D eigenvalue weighted by molar-refractivity contribution is -0.133. The van der Waals surface area contributed by atoms with Crippen molar-refractivity contribution in [2.45, 2.75) is 37.7 Å². The van der Waals surface area contributed by atoms with E-state index in [2.05, 4.69) is 27.1 Å². The standard InChI is InChI=1S/C25H26N4O2/c30-22(17-18-7-13-26-14-8-18)29-15-9-21(10-16-29)25(31)23-19(3-1-11-27-23)5-6-20-4-2-12-28-24(20)25/h1-4,7-8,11-14,21,31H,5-6,9-10,15-17H2. The van der Waals surface area contributed by atoms with E-state index in [-0.39, 0.29) is 11.8 Å². The number of hydrogen-bond donors (Lipinski definition) is 1. The molecule has 158 valence electrons. The van der Waals surface area contributed by atoms with Gasteiger partial charge >= 0.3 is 0 Å². The van der Waals surface area contributed by atoms with Crippen molar-refractivity contribution in [3.05, 3.63) is 89.3 Å². The summed E-state index contributed by atoms with van der Waals surface area (Å²) in [4.78, 5) is 28.0. The van der Waals surface area contributed by atoms with E-state index in [9.17, 15) is 9.90 Å². The van der Waals surface area contributed by atoms with E-state index in [1.807, 2.05) is 29.2 Å². The zero-order chi connectivity index (χ0) is 21.3. The van der Waals surface area contributed by atoms with E-state index in [1.54, 1.807) is 24.8 Å². The SMILES string of the molecule is O=C(Cc1ccncc1)N1CCC(C2(O)c3ncccc3CCc3cccnc32)CC1. The predicted molar refractivity (Wildman–Crippen MR) is 116 cm³/mol. The number of rotatable bonds is 3. The highest BCUT2D eigenvalue weighted by Crippen LogP contribution is 2.44. The number of piperidine rings is 1. The largest absolute Gasteiger partial charge is 0.377 e. The summed E-state index contributed by atoms with van der Waals surface area (Å²) in [6, 6.07) is 11.7. The molecule has 0 aromatic carbocycles. The van der Waals surface area contributed by atoms with Crippen LogP contribution in [0.25, 0.3) is 0 Å². The molecule has 6 nitrogen and oxygen atoms in total. The maximum Gasteiger partial charge on any atom is 0.226 e. The number of carbonyl (C=O) groups is 1. The zero-order valence-corrected chi connectivity index (χ0v) is 17.4. The molecule has 0 radical (unpaired) electrons. The first kappa shape index (κ1) is 19.8. The van der Waals surface area contributed by atoms with Gasteiger partial charge in [-0.3, -0.25) is 19.7 Å². The smallest absolute Gasteiger partial charge is 0.226 e. The molecule has 1 N–H and O–H groups in total. The lowest BCUT2D eigenvalue weighted by Gasteiger charge is -2.41. The molecule has 1 aliphatic carbocycles. The molecular weight excluding hydrogens is 388 g/mol. The number of nitrogens with zero attached hydrogens (tertiary/aromatic N) is 4. The van der Waals surface area contributed by atoms with Crippen LogP contribution >= 0.6 is 0 Å². The van der Waals surface area contributed by atoms with Gasteiger partial charge in [0.1, 0.15) is 0 Å². The van der Waals surface area contributed by atoms with E-state index >= 15 is 0 Å². The van der Waals surface area contributed by atoms with Gasteiger partial charge in [-0.1, -0.05) is 12.1 Å². The van der Waals surface area contributed by atoms with Crippen LogP contribution in [-0.2, 0) is 29.7 Å². The summed E-state index contributed by atoms with van der Waals surface area (Å²) in [5.74, 6) is 0.0763. The molecule has 2 aliphatic rings. The molecule has 0 bridgehead atoms. The van der Waals surface area contributed by atoms with Crippen molar-refractivity contribution in [3.8, 4) is 0 Å². The van der Waals surface area contributed by atoms with Crippen LogP contribution in [0.2, 0.25) is 0 Å². The first-order valence-corrected chi connectivity index (χ1v) is 10.9. The van der Waals surface area contributed by atoms with Crippen molar-refractivity contribution in [2.75, 3.05) is 13.1 Å². The van der Waals surface area contributed by atoms with Crippen LogP contribution in [-0.4, -0.2) is 44.0 Å². The summed E-state index contributed by atoms with van der Waals surface area (Å²) in [6.07, 6.45) is 10.4. The molecule has 1 amide bonds. The lowest BCUT2D eigenvalue weighted by atomic mass is 9.74. The van der Waals surface area contributed by atoms with Gasteiger partial charge in [0, 0.05) is 43.8 Å².